The number of aromatic nitrogens is 1. The standard InChI is InChI=1S/C42H29N3S/c1-4-10-39-30(7-1)23-32(26-43-39)28-13-17-34(18-14-28)45(36-21-22-42-38(25-36)37-9-3-6-12-41(37)46-42)35-19-15-29(16-20-35)33-24-31-8-2-5-11-40(31)44-27-33/h1-26,44H,27H2. The van der Waals surface area contributed by atoms with Crippen LogP contribution in [0.2, 0.25) is 0 Å². The van der Waals surface area contributed by atoms with Crippen molar-refractivity contribution < 1.29 is 0 Å². The number of pyridine rings is 1. The minimum absolute atomic E-state index is 0.813. The number of hydrogen-bond acceptors (Lipinski definition) is 4. The van der Waals surface area contributed by atoms with Gasteiger partial charge in [0.15, 0.2) is 0 Å². The van der Waals surface area contributed by atoms with E-state index in [0.717, 1.165) is 45.6 Å². The molecule has 218 valence electrons. The Morgan fingerprint density at radius 3 is 2.13 bits per heavy atom. The minimum Gasteiger partial charge on any atom is -0.380 e. The molecule has 1 N–H and O–H groups in total. The molecule has 1 aliphatic heterocycles. The molecule has 9 rings (SSSR count). The maximum Gasteiger partial charge on any atom is 0.0702 e. The summed E-state index contributed by atoms with van der Waals surface area (Å²) in [6, 6.07) is 52.3. The van der Waals surface area contributed by atoms with Crippen LogP contribution >= 0.6 is 11.3 Å². The van der Waals surface area contributed by atoms with E-state index in [-0.39, 0.29) is 0 Å². The van der Waals surface area contributed by atoms with Gasteiger partial charge in [-0.25, -0.2) is 0 Å². The van der Waals surface area contributed by atoms with Gasteiger partial charge in [0.2, 0.25) is 0 Å². The summed E-state index contributed by atoms with van der Waals surface area (Å²) in [7, 11) is 0. The zero-order valence-electron chi connectivity index (χ0n) is 25.0. The first-order valence-corrected chi connectivity index (χ1v) is 16.4. The molecule has 0 spiro atoms. The lowest BCUT2D eigenvalue weighted by Crippen LogP contribution is -2.11. The summed E-state index contributed by atoms with van der Waals surface area (Å²) < 4.78 is 2.62. The third-order valence-electron chi connectivity index (χ3n) is 8.92. The van der Waals surface area contributed by atoms with Gasteiger partial charge in [-0.05, 0) is 95.1 Å². The van der Waals surface area contributed by atoms with Crippen molar-refractivity contribution in [3.63, 3.8) is 0 Å². The number of thiophene rings is 1. The molecular weight excluding hydrogens is 579 g/mol. The van der Waals surface area contributed by atoms with Gasteiger partial charge in [-0.15, -0.1) is 11.3 Å². The summed E-state index contributed by atoms with van der Waals surface area (Å²) in [5.41, 5.74) is 11.6. The number of nitrogens with zero attached hydrogens (tertiary/aromatic N) is 2. The van der Waals surface area contributed by atoms with Crippen molar-refractivity contribution >= 4 is 76.8 Å². The van der Waals surface area contributed by atoms with Gasteiger partial charge in [0.05, 0.1) is 5.52 Å². The number of benzene rings is 6. The number of fused-ring (bicyclic) bond motifs is 5. The highest BCUT2D eigenvalue weighted by atomic mass is 32.1. The average Bonchev–Trinajstić information content (AvgIpc) is 3.50. The molecule has 1 aliphatic rings. The van der Waals surface area contributed by atoms with Crippen LogP contribution in [0.4, 0.5) is 22.7 Å². The first-order valence-electron chi connectivity index (χ1n) is 15.6. The summed E-state index contributed by atoms with van der Waals surface area (Å²) in [6.45, 7) is 0.813. The SMILES string of the molecule is C1=C(c2ccc(N(c3ccc(-c4cnc5ccccc5c4)cc3)c3ccc4sc5ccccc5c4c3)cc2)CNc2ccccc21. The summed E-state index contributed by atoms with van der Waals surface area (Å²) in [4.78, 5) is 7.06. The van der Waals surface area contributed by atoms with Crippen molar-refractivity contribution in [2.24, 2.45) is 0 Å². The number of anilines is 4. The van der Waals surface area contributed by atoms with Crippen LogP contribution in [0.1, 0.15) is 11.1 Å². The van der Waals surface area contributed by atoms with Crippen molar-refractivity contribution in [1.29, 1.82) is 0 Å². The summed E-state index contributed by atoms with van der Waals surface area (Å²) >= 11 is 1.85. The molecule has 6 aromatic carbocycles. The fraction of sp³-hybridized carbons (Fsp3) is 0.0238. The predicted octanol–water partition coefficient (Wildman–Crippen LogP) is 11.7. The Kier molecular flexibility index (Phi) is 6.39. The number of hydrogen-bond donors (Lipinski definition) is 1. The van der Waals surface area contributed by atoms with Gasteiger partial charge < -0.3 is 10.2 Å². The average molecular weight is 608 g/mol. The Hall–Kier alpha value is -5.71. The van der Waals surface area contributed by atoms with Gasteiger partial charge >= 0.3 is 0 Å². The first-order chi connectivity index (χ1) is 22.8. The monoisotopic (exact) mass is 607 g/mol. The maximum atomic E-state index is 4.70. The summed E-state index contributed by atoms with van der Waals surface area (Å²) in [5, 5.41) is 7.31. The quantitative estimate of drug-likeness (QED) is 0.211. The smallest absolute Gasteiger partial charge is 0.0702 e. The second-order valence-corrected chi connectivity index (χ2v) is 12.8. The van der Waals surface area contributed by atoms with Crippen LogP contribution in [-0.2, 0) is 0 Å². The maximum absolute atomic E-state index is 4.70. The van der Waals surface area contributed by atoms with Gasteiger partial charge in [0, 0.05) is 66.6 Å². The summed E-state index contributed by atoms with van der Waals surface area (Å²) in [6.07, 6.45) is 4.27. The van der Waals surface area contributed by atoms with E-state index in [2.05, 4.69) is 156 Å². The topological polar surface area (TPSA) is 28.2 Å². The van der Waals surface area contributed by atoms with E-state index >= 15 is 0 Å². The van der Waals surface area contributed by atoms with E-state index in [1.54, 1.807) is 0 Å². The molecule has 0 bridgehead atoms. The van der Waals surface area contributed by atoms with Crippen LogP contribution in [0, 0.1) is 0 Å². The van der Waals surface area contributed by atoms with Gasteiger partial charge in [-0.1, -0.05) is 78.9 Å². The van der Waals surface area contributed by atoms with E-state index in [1.165, 1.54) is 42.6 Å². The van der Waals surface area contributed by atoms with E-state index in [9.17, 15) is 0 Å². The molecule has 3 nitrogen and oxygen atoms in total. The van der Waals surface area contributed by atoms with Crippen molar-refractivity contribution in [1.82, 2.24) is 4.98 Å². The molecule has 0 unspecified atom stereocenters. The zero-order valence-corrected chi connectivity index (χ0v) is 25.8. The summed E-state index contributed by atoms with van der Waals surface area (Å²) in [5.74, 6) is 0. The van der Waals surface area contributed by atoms with Crippen molar-refractivity contribution in [2.75, 3.05) is 16.8 Å². The van der Waals surface area contributed by atoms with Crippen molar-refractivity contribution in [3.8, 4) is 11.1 Å². The van der Waals surface area contributed by atoms with E-state index in [4.69, 9.17) is 4.98 Å². The van der Waals surface area contributed by atoms with Gasteiger partial charge in [-0.2, -0.15) is 0 Å². The fourth-order valence-corrected chi connectivity index (χ4v) is 7.64. The molecule has 0 radical (unpaired) electrons. The second kappa shape index (κ2) is 11.0. The first kappa shape index (κ1) is 26.7. The minimum atomic E-state index is 0.813. The molecule has 3 heterocycles. The van der Waals surface area contributed by atoms with Crippen LogP contribution in [0.5, 0.6) is 0 Å². The Labute approximate surface area is 271 Å². The van der Waals surface area contributed by atoms with Gasteiger partial charge in [-0.3, -0.25) is 4.98 Å². The van der Waals surface area contributed by atoms with Gasteiger partial charge in [0.25, 0.3) is 0 Å². The Bertz CT molecular complexity index is 2420. The number of para-hydroxylation sites is 2. The lowest BCUT2D eigenvalue weighted by atomic mass is 9.98. The lowest BCUT2D eigenvalue weighted by molar-refractivity contribution is 1.28. The van der Waals surface area contributed by atoms with Crippen molar-refractivity contribution in [2.45, 2.75) is 0 Å². The highest BCUT2D eigenvalue weighted by molar-refractivity contribution is 7.25. The second-order valence-electron chi connectivity index (χ2n) is 11.7. The molecule has 4 heteroatoms. The van der Waals surface area contributed by atoms with Crippen LogP contribution in [0.15, 0.2) is 152 Å². The Morgan fingerprint density at radius 2 is 1.26 bits per heavy atom. The van der Waals surface area contributed by atoms with E-state index in [0.29, 0.717) is 0 Å². The normalized spacial score (nSPS) is 12.6. The Balaban J connectivity index is 1.13. The lowest BCUT2D eigenvalue weighted by Gasteiger charge is -2.26. The molecule has 0 saturated carbocycles. The predicted molar refractivity (Wildman–Crippen MR) is 198 cm³/mol. The highest BCUT2D eigenvalue weighted by Crippen LogP contribution is 2.41. The molecule has 46 heavy (non-hydrogen) atoms. The van der Waals surface area contributed by atoms with E-state index in [1.807, 2.05) is 23.6 Å². The largest absolute Gasteiger partial charge is 0.380 e. The highest BCUT2D eigenvalue weighted by Gasteiger charge is 2.17. The zero-order chi connectivity index (χ0) is 30.5. The van der Waals surface area contributed by atoms with Gasteiger partial charge in [0.1, 0.15) is 0 Å². The van der Waals surface area contributed by atoms with Crippen LogP contribution in [-0.4, -0.2) is 11.5 Å². The molecule has 0 saturated heterocycles. The molecule has 2 aromatic heterocycles. The molecule has 0 fully saturated rings. The number of rotatable bonds is 5. The molecule has 0 aliphatic carbocycles. The fourth-order valence-electron chi connectivity index (χ4n) is 6.56. The molecule has 0 amide bonds. The number of nitrogens with one attached hydrogen (secondary N) is 1. The van der Waals surface area contributed by atoms with E-state index < -0.39 is 0 Å². The third kappa shape index (κ3) is 4.71. The Morgan fingerprint density at radius 1 is 0.565 bits per heavy atom. The van der Waals surface area contributed by atoms with Crippen LogP contribution in [0.25, 0.3) is 53.9 Å². The molecule has 0 atom stereocenters. The third-order valence-corrected chi connectivity index (χ3v) is 10.1. The van der Waals surface area contributed by atoms with Crippen LogP contribution in [0.3, 0.4) is 0 Å². The molecular formula is C42H29N3S. The van der Waals surface area contributed by atoms with Crippen molar-refractivity contribution in [3.05, 3.63) is 163 Å². The van der Waals surface area contributed by atoms with Crippen LogP contribution < -0.4 is 10.2 Å². The molecule has 8 aromatic rings.